The van der Waals surface area contributed by atoms with Crippen molar-refractivity contribution in [2.45, 2.75) is 136 Å². The molecular formula is C39H80O12. The van der Waals surface area contributed by atoms with Crippen molar-refractivity contribution in [1.29, 1.82) is 0 Å². The van der Waals surface area contributed by atoms with Crippen molar-refractivity contribution in [1.82, 2.24) is 0 Å². The molecule has 0 bridgehead atoms. The maximum atomic E-state index is 8.61. The van der Waals surface area contributed by atoms with E-state index in [4.69, 9.17) is 57.2 Å². The lowest BCUT2D eigenvalue weighted by molar-refractivity contribution is -0.101. The average Bonchev–Trinajstić information content (AvgIpc) is 3.13. The Morgan fingerprint density at radius 2 is 0.627 bits per heavy atom. The van der Waals surface area contributed by atoms with Gasteiger partial charge in [0.1, 0.15) is 0 Å². The largest absolute Gasteiger partial charge is 0.394 e. The summed E-state index contributed by atoms with van der Waals surface area (Å²) in [6.45, 7) is 21.1. The van der Waals surface area contributed by atoms with Crippen LogP contribution in [0, 0.1) is 0 Å². The molecule has 0 fully saturated rings. The summed E-state index contributed by atoms with van der Waals surface area (Å²) in [4.78, 5) is 0. The minimum Gasteiger partial charge on any atom is -0.394 e. The fourth-order valence-corrected chi connectivity index (χ4v) is 4.74. The van der Waals surface area contributed by atoms with E-state index in [0.29, 0.717) is 106 Å². The second-order valence-electron chi connectivity index (χ2n) is 13.3. The molecule has 0 heterocycles. The van der Waals surface area contributed by atoms with E-state index in [0.717, 1.165) is 13.0 Å². The molecule has 0 rings (SSSR count). The van der Waals surface area contributed by atoms with Gasteiger partial charge in [-0.1, -0.05) is 64.7 Å². The van der Waals surface area contributed by atoms with Gasteiger partial charge < -0.3 is 57.2 Å². The number of unbranched alkanes of at least 4 members (excludes halogenated alkanes) is 9. The summed E-state index contributed by atoms with van der Waals surface area (Å²) in [5.41, 5.74) is 0. The molecule has 0 spiro atoms. The first-order chi connectivity index (χ1) is 24.9. The van der Waals surface area contributed by atoms with Crippen LogP contribution in [0.3, 0.4) is 0 Å². The number of ether oxygens (including phenoxy) is 11. The van der Waals surface area contributed by atoms with Crippen molar-refractivity contribution < 1.29 is 57.2 Å². The Balaban J connectivity index is 3.53. The molecule has 5 atom stereocenters. The van der Waals surface area contributed by atoms with E-state index < -0.39 is 0 Å². The molecule has 0 saturated carbocycles. The second kappa shape index (κ2) is 40.7. The molecular weight excluding hydrogens is 660 g/mol. The second-order valence-corrected chi connectivity index (χ2v) is 13.3. The Morgan fingerprint density at radius 1 is 0.314 bits per heavy atom. The van der Waals surface area contributed by atoms with Gasteiger partial charge in [0, 0.05) is 6.61 Å². The lowest BCUT2D eigenvalue weighted by Crippen LogP contribution is -2.29. The predicted octanol–water partition coefficient (Wildman–Crippen LogP) is 6.02. The van der Waals surface area contributed by atoms with E-state index in [1.165, 1.54) is 57.8 Å². The van der Waals surface area contributed by atoms with Gasteiger partial charge in [0.2, 0.25) is 0 Å². The Bertz CT molecular complexity index is 662. The van der Waals surface area contributed by atoms with Gasteiger partial charge in [-0.2, -0.15) is 0 Å². The minimum atomic E-state index is -0.0534. The van der Waals surface area contributed by atoms with Gasteiger partial charge in [0.15, 0.2) is 0 Å². The molecule has 0 radical (unpaired) electrons. The van der Waals surface area contributed by atoms with Gasteiger partial charge in [-0.3, -0.25) is 0 Å². The highest BCUT2D eigenvalue weighted by Crippen LogP contribution is 2.11. The first kappa shape index (κ1) is 50.5. The fourth-order valence-electron chi connectivity index (χ4n) is 4.74. The van der Waals surface area contributed by atoms with Crippen LogP contribution in [-0.4, -0.2) is 155 Å². The highest BCUT2D eigenvalue weighted by atomic mass is 16.6. The third-order valence-corrected chi connectivity index (χ3v) is 7.81. The zero-order chi connectivity index (χ0) is 37.5. The Kier molecular flexibility index (Phi) is 40.3. The smallest absolute Gasteiger partial charge is 0.0781 e. The molecule has 308 valence electrons. The van der Waals surface area contributed by atoms with E-state index in [2.05, 4.69) is 13.8 Å². The monoisotopic (exact) mass is 741 g/mol. The Labute approximate surface area is 312 Å². The van der Waals surface area contributed by atoms with Crippen LogP contribution in [0.15, 0.2) is 0 Å². The number of aliphatic hydroxyl groups is 1. The summed E-state index contributed by atoms with van der Waals surface area (Å²) >= 11 is 0. The predicted molar refractivity (Wildman–Crippen MR) is 201 cm³/mol. The Hall–Kier alpha value is -0.480. The molecule has 12 heteroatoms. The van der Waals surface area contributed by atoms with E-state index in [9.17, 15) is 0 Å². The standard InChI is InChI=1S/C39H80O12/c1-7-8-9-10-11-12-13-14-15-16-18-46-30-35(2)48-32-37(4)50-34-39(6)51-33-38(5)49-31-36(3)47-29-28-45-27-26-44-25-24-43-23-22-42-21-20-41-19-17-40/h35-40H,7-34H2,1-6H3. The van der Waals surface area contributed by atoms with Gasteiger partial charge >= 0.3 is 0 Å². The molecule has 0 aromatic rings. The quantitative estimate of drug-likeness (QED) is 0.0736. The van der Waals surface area contributed by atoms with Crippen molar-refractivity contribution in [3.63, 3.8) is 0 Å². The first-order valence-corrected chi connectivity index (χ1v) is 20.0. The summed E-state index contributed by atoms with van der Waals surface area (Å²) < 4.78 is 62.2. The maximum absolute atomic E-state index is 8.61. The average molecular weight is 741 g/mol. The number of rotatable bonds is 43. The van der Waals surface area contributed by atoms with Crippen LogP contribution in [0.5, 0.6) is 0 Å². The molecule has 0 aliphatic heterocycles. The molecule has 12 nitrogen and oxygen atoms in total. The summed E-state index contributed by atoms with van der Waals surface area (Å²) in [5.74, 6) is 0. The van der Waals surface area contributed by atoms with Crippen LogP contribution in [0.25, 0.3) is 0 Å². The molecule has 0 amide bonds. The van der Waals surface area contributed by atoms with E-state index in [1.54, 1.807) is 0 Å². The van der Waals surface area contributed by atoms with Crippen LogP contribution < -0.4 is 0 Å². The van der Waals surface area contributed by atoms with E-state index in [-0.39, 0.29) is 37.1 Å². The molecule has 0 saturated heterocycles. The van der Waals surface area contributed by atoms with Gasteiger partial charge in [-0.25, -0.2) is 0 Å². The molecule has 0 aromatic heterocycles. The highest BCUT2D eigenvalue weighted by Gasteiger charge is 2.13. The van der Waals surface area contributed by atoms with Crippen molar-refractivity contribution in [3.8, 4) is 0 Å². The number of aliphatic hydroxyl groups excluding tert-OH is 1. The summed E-state index contributed by atoms with van der Waals surface area (Å²) in [5, 5.41) is 8.61. The highest BCUT2D eigenvalue weighted by molar-refractivity contribution is 4.58. The summed E-state index contributed by atoms with van der Waals surface area (Å²) in [7, 11) is 0. The Morgan fingerprint density at radius 3 is 1.02 bits per heavy atom. The molecule has 51 heavy (non-hydrogen) atoms. The van der Waals surface area contributed by atoms with Gasteiger partial charge in [0.25, 0.3) is 0 Å². The van der Waals surface area contributed by atoms with Gasteiger partial charge in [0.05, 0.1) is 143 Å². The van der Waals surface area contributed by atoms with Crippen molar-refractivity contribution in [2.75, 3.05) is 119 Å². The number of hydrogen-bond acceptors (Lipinski definition) is 12. The topological polar surface area (TPSA) is 122 Å². The lowest BCUT2D eigenvalue weighted by atomic mass is 10.1. The van der Waals surface area contributed by atoms with Gasteiger partial charge in [-0.15, -0.1) is 0 Å². The zero-order valence-electron chi connectivity index (χ0n) is 33.6. The first-order valence-electron chi connectivity index (χ1n) is 20.0. The molecule has 0 aromatic carbocycles. The molecule has 0 aliphatic carbocycles. The lowest BCUT2D eigenvalue weighted by Gasteiger charge is -2.22. The molecule has 0 aliphatic rings. The molecule has 5 unspecified atom stereocenters. The normalized spacial score (nSPS) is 14.9. The van der Waals surface area contributed by atoms with Crippen LogP contribution in [-0.2, 0) is 52.1 Å². The van der Waals surface area contributed by atoms with Crippen LogP contribution in [0.2, 0.25) is 0 Å². The number of hydrogen-bond donors (Lipinski definition) is 1. The summed E-state index contributed by atoms with van der Waals surface area (Å²) in [6.07, 6.45) is 13.2. The van der Waals surface area contributed by atoms with Crippen LogP contribution in [0.4, 0.5) is 0 Å². The summed E-state index contributed by atoms with van der Waals surface area (Å²) in [6, 6.07) is 0. The van der Waals surface area contributed by atoms with Crippen molar-refractivity contribution >= 4 is 0 Å². The van der Waals surface area contributed by atoms with Crippen molar-refractivity contribution in [2.24, 2.45) is 0 Å². The third kappa shape index (κ3) is 40.5. The SMILES string of the molecule is CCCCCCCCCCCCOCC(C)OCC(C)OCC(C)OCC(C)OCC(C)OCCOCCOCCOCCOCCOCCO. The zero-order valence-corrected chi connectivity index (χ0v) is 33.6. The van der Waals surface area contributed by atoms with E-state index in [1.807, 2.05) is 27.7 Å². The van der Waals surface area contributed by atoms with Gasteiger partial charge in [-0.05, 0) is 41.0 Å². The van der Waals surface area contributed by atoms with Crippen LogP contribution >= 0.6 is 0 Å². The van der Waals surface area contributed by atoms with Crippen LogP contribution in [0.1, 0.15) is 106 Å². The minimum absolute atomic E-state index is 0.0183. The van der Waals surface area contributed by atoms with Crippen molar-refractivity contribution in [3.05, 3.63) is 0 Å². The fraction of sp³-hybridized carbons (Fsp3) is 1.00. The third-order valence-electron chi connectivity index (χ3n) is 7.81. The maximum Gasteiger partial charge on any atom is 0.0781 e. The molecule has 1 N–H and O–H groups in total. The van der Waals surface area contributed by atoms with E-state index >= 15 is 0 Å².